The normalized spacial score (nSPS) is 14.5. The minimum Gasteiger partial charge on any atom is -0.381 e. The van der Waals surface area contributed by atoms with Gasteiger partial charge in [-0.15, -0.1) is 11.3 Å². The van der Waals surface area contributed by atoms with Crippen LogP contribution in [-0.2, 0) is 4.74 Å². The molecule has 1 amide bonds. The molecule has 0 radical (unpaired) electrons. The number of benzene rings is 1. The molecule has 0 bridgehead atoms. The van der Waals surface area contributed by atoms with Gasteiger partial charge in [0, 0.05) is 29.8 Å². The van der Waals surface area contributed by atoms with E-state index in [1.54, 1.807) is 6.07 Å². The van der Waals surface area contributed by atoms with Crippen LogP contribution >= 0.6 is 22.9 Å². The van der Waals surface area contributed by atoms with Crippen molar-refractivity contribution in [3.63, 3.8) is 0 Å². The minimum absolute atomic E-state index is 0.214. The molecular weight excluding hydrogens is 325 g/mol. The van der Waals surface area contributed by atoms with Gasteiger partial charge in [0.15, 0.2) is 0 Å². The lowest BCUT2D eigenvalue weighted by molar-refractivity contribution is 0.0941. The molecule has 0 aliphatic heterocycles. The van der Waals surface area contributed by atoms with Crippen molar-refractivity contribution in [1.29, 1.82) is 0 Å². The quantitative estimate of drug-likeness (QED) is 0.765. The van der Waals surface area contributed by atoms with E-state index in [1.165, 1.54) is 36.3 Å². The molecule has 3 rings (SSSR count). The van der Waals surface area contributed by atoms with Crippen molar-refractivity contribution >= 4 is 38.9 Å². The second kappa shape index (κ2) is 6.94. The molecule has 1 saturated carbocycles. The summed E-state index contributed by atoms with van der Waals surface area (Å²) in [4.78, 5) is 12.6. The van der Waals surface area contributed by atoms with E-state index >= 15 is 0 Å². The van der Waals surface area contributed by atoms with Crippen LogP contribution in [0.15, 0.2) is 18.2 Å². The Morgan fingerprint density at radius 1 is 1.45 bits per heavy atom. The first-order chi connectivity index (χ1) is 10.6. The summed E-state index contributed by atoms with van der Waals surface area (Å²) >= 11 is 7.42. The van der Waals surface area contributed by atoms with Crippen LogP contribution in [0.2, 0.25) is 5.02 Å². The van der Waals surface area contributed by atoms with Gasteiger partial charge in [0.25, 0.3) is 5.91 Å². The van der Waals surface area contributed by atoms with Crippen LogP contribution in [0.25, 0.3) is 10.1 Å². The fraction of sp³-hybridized carbons (Fsp3) is 0.438. The van der Waals surface area contributed by atoms with E-state index in [1.807, 2.05) is 0 Å². The summed E-state index contributed by atoms with van der Waals surface area (Å²) in [6, 6.07) is 4.35. The molecule has 3 nitrogen and oxygen atoms in total. The Bertz CT molecular complexity index is 684. The highest BCUT2D eigenvalue weighted by Crippen LogP contribution is 2.35. The van der Waals surface area contributed by atoms with E-state index in [2.05, 4.69) is 5.32 Å². The summed E-state index contributed by atoms with van der Waals surface area (Å²) in [6.07, 6.45) is 3.33. The summed E-state index contributed by atoms with van der Waals surface area (Å²) in [5, 5.41) is 3.94. The summed E-state index contributed by atoms with van der Waals surface area (Å²) in [6.45, 7) is 2.03. The molecule has 6 heteroatoms. The van der Waals surface area contributed by atoms with Crippen molar-refractivity contribution in [1.82, 2.24) is 5.32 Å². The van der Waals surface area contributed by atoms with Gasteiger partial charge in [-0.25, -0.2) is 4.39 Å². The number of thiophene rings is 1. The lowest BCUT2D eigenvalue weighted by Gasteiger charge is -2.05. The second-order valence-electron chi connectivity index (χ2n) is 5.51. The van der Waals surface area contributed by atoms with Crippen molar-refractivity contribution in [2.24, 2.45) is 5.92 Å². The first-order valence-corrected chi connectivity index (χ1v) is 8.58. The maximum Gasteiger partial charge on any atom is 0.262 e. The van der Waals surface area contributed by atoms with Gasteiger partial charge >= 0.3 is 0 Å². The molecule has 1 N–H and O–H groups in total. The van der Waals surface area contributed by atoms with E-state index in [-0.39, 0.29) is 11.7 Å². The van der Waals surface area contributed by atoms with Gasteiger partial charge in [-0.05, 0) is 43.4 Å². The monoisotopic (exact) mass is 341 g/mol. The predicted octanol–water partition coefficient (Wildman–Crippen LogP) is 4.24. The third kappa shape index (κ3) is 3.77. The second-order valence-corrected chi connectivity index (χ2v) is 6.94. The van der Waals surface area contributed by atoms with Gasteiger partial charge in [0.2, 0.25) is 0 Å². The van der Waals surface area contributed by atoms with Gasteiger partial charge in [-0.2, -0.15) is 0 Å². The van der Waals surface area contributed by atoms with Crippen LogP contribution in [0.4, 0.5) is 4.39 Å². The number of hydrogen-bond acceptors (Lipinski definition) is 3. The Labute approximate surface area is 137 Å². The molecule has 118 valence electrons. The van der Waals surface area contributed by atoms with Gasteiger partial charge in [0.05, 0.1) is 5.02 Å². The zero-order chi connectivity index (χ0) is 15.5. The molecule has 2 aromatic rings. The Balaban J connectivity index is 1.51. The number of carbonyl (C=O) groups is 1. The van der Waals surface area contributed by atoms with Crippen LogP contribution in [0.3, 0.4) is 0 Å². The fourth-order valence-electron chi connectivity index (χ4n) is 2.18. The third-order valence-corrected chi connectivity index (χ3v) is 5.26. The molecule has 0 atom stereocenters. The highest BCUT2D eigenvalue weighted by atomic mass is 35.5. The number of carbonyl (C=O) groups excluding carboxylic acids is 1. The van der Waals surface area contributed by atoms with E-state index in [4.69, 9.17) is 16.3 Å². The van der Waals surface area contributed by atoms with Gasteiger partial charge in [-0.3, -0.25) is 4.79 Å². The topological polar surface area (TPSA) is 38.3 Å². The number of ether oxygens (including phenoxy) is 1. The van der Waals surface area contributed by atoms with E-state index in [0.717, 1.165) is 18.9 Å². The summed E-state index contributed by atoms with van der Waals surface area (Å²) < 4.78 is 19.4. The fourth-order valence-corrected chi connectivity index (χ4v) is 3.63. The largest absolute Gasteiger partial charge is 0.381 e. The molecule has 1 fully saturated rings. The molecule has 1 aromatic heterocycles. The summed E-state index contributed by atoms with van der Waals surface area (Å²) in [5.74, 6) is 0.214. The lowest BCUT2D eigenvalue weighted by Crippen LogP contribution is -2.24. The smallest absolute Gasteiger partial charge is 0.262 e. The maximum absolute atomic E-state index is 13.2. The minimum atomic E-state index is -0.329. The zero-order valence-corrected chi connectivity index (χ0v) is 13.6. The molecule has 0 spiro atoms. The third-order valence-electron chi connectivity index (χ3n) is 3.60. The van der Waals surface area contributed by atoms with E-state index < -0.39 is 0 Å². The highest BCUT2D eigenvalue weighted by Gasteiger charge is 2.21. The highest BCUT2D eigenvalue weighted by molar-refractivity contribution is 7.21. The first kappa shape index (κ1) is 15.7. The van der Waals surface area contributed by atoms with Crippen LogP contribution in [-0.4, -0.2) is 25.7 Å². The summed E-state index contributed by atoms with van der Waals surface area (Å²) in [5.41, 5.74) is 0. The molecular formula is C16H17ClFNO2S. The van der Waals surface area contributed by atoms with Gasteiger partial charge in [0.1, 0.15) is 10.7 Å². The number of fused-ring (bicyclic) bond motifs is 1. The molecule has 1 heterocycles. The Hall–Kier alpha value is -1.17. The van der Waals surface area contributed by atoms with Crippen molar-refractivity contribution in [2.75, 3.05) is 19.8 Å². The number of halogens is 2. The first-order valence-electron chi connectivity index (χ1n) is 7.38. The molecule has 22 heavy (non-hydrogen) atoms. The molecule has 1 aromatic carbocycles. The van der Waals surface area contributed by atoms with Gasteiger partial charge < -0.3 is 10.1 Å². The Kier molecular flexibility index (Phi) is 4.96. The van der Waals surface area contributed by atoms with Crippen molar-refractivity contribution in [2.45, 2.75) is 19.3 Å². The molecule has 1 aliphatic carbocycles. The molecule has 0 saturated heterocycles. The van der Waals surface area contributed by atoms with Crippen LogP contribution in [0.1, 0.15) is 28.9 Å². The van der Waals surface area contributed by atoms with E-state index in [0.29, 0.717) is 33.1 Å². The lowest BCUT2D eigenvalue weighted by atomic mass is 10.2. The maximum atomic E-state index is 13.2. The zero-order valence-electron chi connectivity index (χ0n) is 12.0. The van der Waals surface area contributed by atoms with Crippen LogP contribution < -0.4 is 5.32 Å². The van der Waals surface area contributed by atoms with Crippen LogP contribution in [0, 0.1) is 11.7 Å². The van der Waals surface area contributed by atoms with Crippen LogP contribution in [0.5, 0.6) is 0 Å². The SMILES string of the molecule is O=C(NCCCOCC1CC1)c1sc2cc(F)ccc2c1Cl. The van der Waals surface area contributed by atoms with Crippen molar-refractivity contribution < 1.29 is 13.9 Å². The number of hydrogen-bond donors (Lipinski definition) is 1. The van der Waals surface area contributed by atoms with E-state index in [9.17, 15) is 9.18 Å². The van der Waals surface area contributed by atoms with Crippen molar-refractivity contribution in [3.05, 3.63) is 33.9 Å². The molecule has 1 aliphatic rings. The van der Waals surface area contributed by atoms with Crippen molar-refractivity contribution in [3.8, 4) is 0 Å². The average Bonchev–Trinajstić information content (AvgIpc) is 3.26. The number of rotatable bonds is 7. The standard InChI is InChI=1S/C16H17ClFNO2S/c17-14-12-5-4-11(18)8-13(12)22-15(14)16(20)19-6-1-7-21-9-10-2-3-10/h4-5,8,10H,1-3,6-7,9H2,(H,19,20). The number of nitrogens with one attached hydrogen (secondary N) is 1. The predicted molar refractivity (Wildman–Crippen MR) is 87.3 cm³/mol. The summed E-state index contributed by atoms with van der Waals surface area (Å²) in [7, 11) is 0. The Morgan fingerprint density at radius 3 is 3.05 bits per heavy atom. The molecule has 0 unspecified atom stereocenters. The van der Waals surface area contributed by atoms with Gasteiger partial charge in [-0.1, -0.05) is 11.6 Å². The Morgan fingerprint density at radius 2 is 2.27 bits per heavy atom. The number of amides is 1. The average molecular weight is 342 g/mol.